The topological polar surface area (TPSA) is 47.4 Å². The third-order valence-electron chi connectivity index (χ3n) is 2.81. The molecule has 88 valence electrons. The maximum absolute atomic E-state index is 5.35. The number of nitrogens with one attached hydrogen (secondary N) is 1. The number of aromatic nitrogens is 1. The normalized spacial score (nSPS) is 11.2. The van der Waals surface area contributed by atoms with E-state index in [0.717, 1.165) is 26.5 Å². The van der Waals surface area contributed by atoms with Gasteiger partial charge in [0, 0.05) is 10.8 Å². The molecule has 0 amide bonds. The lowest BCUT2D eigenvalue weighted by Gasteiger charge is -2.10. The molecule has 0 bridgehead atoms. The van der Waals surface area contributed by atoms with Gasteiger partial charge in [0.05, 0.1) is 30.5 Å². The summed E-state index contributed by atoms with van der Waals surface area (Å²) < 4.78 is 16.8. The lowest BCUT2D eigenvalue weighted by atomic mass is 10.2. The highest BCUT2D eigenvalue weighted by Crippen LogP contribution is 2.43. The Bertz CT molecular complexity index is 698. The largest absolute Gasteiger partial charge is 0.493 e. The Morgan fingerprint density at radius 3 is 2.76 bits per heavy atom. The number of aromatic amines is 1. The summed E-state index contributed by atoms with van der Waals surface area (Å²) in [4.78, 5) is 3.20. The van der Waals surface area contributed by atoms with Crippen LogP contribution in [0.4, 0.5) is 0 Å². The Morgan fingerprint density at radius 1 is 1.24 bits per heavy atom. The van der Waals surface area contributed by atoms with Gasteiger partial charge in [-0.2, -0.15) is 0 Å². The number of hydrogen-bond donors (Lipinski definition) is 1. The summed E-state index contributed by atoms with van der Waals surface area (Å²) >= 11 is 3.52. The molecule has 1 N–H and O–H groups in total. The summed E-state index contributed by atoms with van der Waals surface area (Å²) in [5.41, 5.74) is 1.69. The molecule has 0 saturated heterocycles. The molecule has 1 aromatic carbocycles. The molecular weight excluding hydrogens is 286 g/mol. The third kappa shape index (κ3) is 1.35. The van der Waals surface area contributed by atoms with Crippen molar-refractivity contribution in [1.29, 1.82) is 0 Å². The molecule has 3 aromatic rings. The second-order valence-electron chi connectivity index (χ2n) is 3.64. The molecule has 5 heteroatoms. The first kappa shape index (κ1) is 10.5. The number of halogens is 1. The van der Waals surface area contributed by atoms with E-state index in [4.69, 9.17) is 13.9 Å². The van der Waals surface area contributed by atoms with Gasteiger partial charge in [-0.15, -0.1) is 0 Å². The minimum Gasteiger partial charge on any atom is -0.493 e. The zero-order valence-electron chi connectivity index (χ0n) is 9.33. The third-order valence-corrected chi connectivity index (χ3v) is 3.56. The summed E-state index contributed by atoms with van der Waals surface area (Å²) in [5.74, 6) is 1.36. The van der Waals surface area contributed by atoms with Crippen LogP contribution in [0, 0.1) is 0 Å². The fourth-order valence-electron chi connectivity index (χ4n) is 2.02. The highest BCUT2D eigenvalue weighted by Gasteiger charge is 2.17. The monoisotopic (exact) mass is 295 g/mol. The molecular formula is C12H10BrNO3. The van der Waals surface area contributed by atoms with E-state index < -0.39 is 0 Å². The minimum atomic E-state index is 0.670. The number of hydrogen-bond acceptors (Lipinski definition) is 3. The number of benzene rings is 1. The number of H-pyrrole nitrogens is 1. The molecule has 0 fully saturated rings. The maximum Gasteiger partial charge on any atom is 0.205 e. The SMILES string of the molecule is COc1cc2c([nH]c3occc32)c(Br)c1OC. The van der Waals surface area contributed by atoms with Crippen molar-refractivity contribution in [1.82, 2.24) is 4.98 Å². The van der Waals surface area contributed by atoms with Gasteiger partial charge in [0.25, 0.3) is 0 Å². The summed E-state index contributed by atoms with van der Waals surface area (Å²) in [5, 5.41) is 2.07. The van der Waals surface area contributed by atoms with Crippen molar-refractivity contribution in [3.05, 3.63) is 22.9 Å². The molecule has 2 heterocycles. The van der Waals surface area contributed by atoms with Crippen LogP contribution in [0.5, 0.6) is 11.5 Å². The second-order valence-corrected chi connectivity index (χ2v) is 4.43. The average Bonchev–Trinajstić information content (AvgIpc) is 2.90. The number of ether oxygens (including phenoxy) is 2. The average molecular weight is 296 g/mol. The van der Waals surface area contributed by atoms with Crippen LogP contribution in [0.25, 0.3) is 22.0 Å². The van der Waals surface area contributed by atoms with Crippen molar-refractivity contribution in [2.45, 2.75) is 0 Å². The molecule has 0 unspecified atom stereocenters. The highest BCUT2D eigenvalue weighted by molar-refractivity contribution is 9.10. The van der Waals surface area contributed by atoms with Crippen LogP contribution in [0.3, 0.4) is 0 Å². The van der Waals surface area contributed by atoms with Crippen molar-refractivity contribution in [2.24, 2.45) is 0 Å². The van der Waals surface area contributed by atoms with Crippen LogP contribution in [-0.2, 0) is 0 Å². The molecule has 0 aliphatic rings. The number of rotatable bonds is 2. The van der Waals surface area contributed by atoms with Gasteiger partial charge in [0.2, 0.25) is 5.71 Å². The molecule has 4 nitrogen and oxygen atoms in total. The first-order valence-electron chi connectivity index (χ1n) is 5.05. The summed E-state index contributed by atoms with van der Waals surface area (Å²) in [6, 6.07) is 3.86. The van der Waals surface area contributed by atoms with Gasteiger partial charge in [0.15, 0.2) is 11.5 Å². The fourth-order valence-corrected chi connectivity index (χ4v) is 2.69. The fraction of sp³-hybridized carbons (Fsp3) is 0.167. The van der Waals surface area contributed by atoms with Crippen molar-refractivity contribution < 1.29 is 13.9 Å². The van der Waals surface area contributed by atoms with E-state index in [0.29, 0.717) is 11.5 Å². The van der Waals surface area contributed by atoms with Gasteiger partial charge in [-0.3, -0.25) is 0 Å². The zero-order chi connectivity index (χ0) is 12.0. The number of methoxy groups -OCH3 is 2. The number of furan rings is 1. The van der Waals surface area contributed by atoms with Crippen molar-refractivity contribution in [3.8, 4) is 11.5 Å². The van der Waals surface area contributed by atoms with Crippen LogP contribution in [0.15, 0.2) is 27.3 Å². The van der Waals surface area contributed by atoms with Crippen LogP contribution in [-0.4, -0.2) is 19.2 Å². The smallest absolute Gasteiger partial charge is 0.205 e. The van der Waals surface area contributed by atoms with Gasteiger partial charge < -0.3 is 18.9 Å². The molecule has 0 radical (unpaired) electrons. The van der Waals surface area contributed by atoms with Crippen LogP contribution >= 0.6 is 15.9 Å². The van der Waals surface area contributed by atoms with Crippen LogP contribution in [0.1, 0.15) is 0 Å². The van der Waals surface area contributed by atoms with Crippen LogP contribution < -0.4 is 9.47 Å². The first-order valence-corrected chi connectivity index (χ1v) is 5.85. The van der Waals surface area contributed by atoms with E-state index in [-0.39, 0.29) is 0 Å². The van der Waals surface area contributed by atoms with Crippen LogP contribution in [0.2, 0.25) is 0 Å². The van der Waals surface area contributed by atoms with E-state index in [2.05, 4.69) is 20.9 Å². The van der Waals surface area contributed by atoms with Gasteiger partial charge in [-0.25, -0.2) is 0 Å². The standard InChI is InChI=1S/C12H10BrNO3/c1-15-8-5-7-6-3-4-17-12(6)14-10(7)9(13)11(8)16-2/h3-5,14H,1-2H3. The van der Waals surface area contributed by atoms with Crippen molar-refractivity contribution in [2.75, 3.05) is 14.2 Å². The lowest BCUT2D eigenvalue weighted by Crippen LogP contribution is -1.91. The summed E-state index contributed by atoms with van der Waals surface area (Å²) in [6.07, 6.45) is 1.66. The van der Waals surface area contributed by atoms with E-state index in [9.17, 15) is 0 Å². The Labute approximate surface area is 106 Å². The zero-order valence-corrected chi connectivity index (χ0v) is 10.9. The molecule has 17 heavy (non-hydrogen) atoms. The predicted molar refractivity (Wildman–Crippen MR) is 68.9 cm³/mol. The molecule has 0 saturated carbocycles. The van der Waals surface area contributed by atoms with E-state index in [1.807, 2.05) is 12.1 Å². The Hall–Kier alpha value is -1.62. The highest BCUT2D eigenvalue weighted by atomic mass is 79.9. The van der Waals surface area contributed by atoms with E-state index >= 15 is 0 Å². The molecule has 0 aliphatic carbocycles. The Kier molecular flexibility index (Phi) is 2.29. The second kappa shape index (κ2) is 3.70. The van der Waals surface area contributed by atoms with E-state index in [1.54, 1.807) is 20.5 Å². The van der Waals surface area contributed by atoms with Crippen molar-refractivity contribution >= 4 is 37.9 Å². The molecule has 2 aromatic heterocycles. The Morgan fingerprint density at radius 2 is 2.06 bits per heavy atom. The minimum absolute atomic E-state index is 0.670. The maximum atomic E-state index is 5.35. The molecule has 3 rings (SSSR count). The quantitative estimate of drug-likeness (QED) is 0.784. The molecule has 0 atom stereocenters. The summed E-state index contributed by atoms with van der Waals surface area (Å²) in [6.45, 7) is 0. The first-order chi connectivity index (χ1) is 8.26. The van der Waals surface area contributed by atoms with Gasteiger partial charge >= 0.3 is 0 Å². The van der Waals surface area contributed by atoms with E-state index in [1.165, 1.54) is 0 Å². The van der Waals surface area contributed by atoms with Gasteiger partial charge in [-0.1, -0.05) is 0 Å². The van der Waals surface area contributed by atoms with Gasteiger partial charge in [0.1, 0.15) is 0 Å². The molecule has 0 aliphatic heterocycles. The van der Waals surface area contributed by atoms with Gasteiger partial charge in [-0.05, 0) is 28.1 Å². The predicted octanol–water partition coefficient (Wildman–Crippen LogP) is 3.69. The number of fused-ring (bicyclic) bond motifs is 3. The molecule has 0 spiro atoms. The Balaban J connectivity index is 2.48. The summed E-state index contributed by atoms with van der Waals surface area (Å²) in [7, 11) is 3.23. The lowest BCUT2D eigenvalue weighted by molar-refractivity contribution is 0.354. The van der Waals surface area contributed by atoms with Crippen molar-refractivity contribution in [3.63, 3.8) is 0 Å².